The normalized spacial score (nSPS) is 13.6. The Kier molecular flexibility index (Phi) is 2.66. The van der Waals surface area contributed by atoms with Crippen LogP contribution >= 0.6 is 0 Å². The molecule has 0 N–H and O–H groups in total. The lowest BCUT2D eigenvalue weighted by Gasteiger charge is -1.99. The van der Waals surface area contributed by atoms with Crippen molar-refractivity contribution in [1.29, 1.82) is 0 Å². The molecule has 2 aromatic carbocycles. The van der Waals surface area contributed by atoms with Crippen molar-refractivity contribution in [2.75, 3.05) is 6.61 Å². The molecule has 2 aromatic rings. The SMILES string of the molecule is C(=C/c1ccc2c(c1)CCO2)/c1ccccc1. The third-order valence-corrected chi connectivity index (χ3v) is 2.98. The van der Waals surface area contributed by atoms with Crippen LogP contribution < -0.4 is 4.74 Å². The molecule has 1 nitrogen and oxygen atoms in total. The standard InChI is InChI=1S/C16H14O/c1-2-4-13(5-3-1)6-7-14-8-9-16-15(12-14)10-11-17-16/h1-9,12H,10-11H2/b7-6-. The maximum Gasteiger partial charge on any atom is 0.122 e. The van der Waals surface area contributed by atoms with E-state index in [9.17, 15) is 0 Å². The Morgan fingerprint density at radius 2 is 1.71 bits per heavy atom. The summed E-state index contributed by atoms with van der Waals surface area (Å²) in [4.78, 5) is 0. The van der Waals surface area contributed by atoms with Crippen LogP contribution in [-0.4, -0.2) is 6.61 Å². The number of benzene rings is 2. The highest BCUT2D eigenvalue weighted by Gasteiger charge is 2.10. The van der Waals surface area contributed by atoms with Crippen molar-refractivity contribution < 1.29 is 4.74 Å². The molecule has 0 atom stereocenters. The third-order valence-electron chi connectivity index (χ3n) is 2.98. The fourth-order valence-corrected chi connectivity index (χ4v) is 2.07. The third kappa shape index (κ3) is 2.23. The van der Waals surface area contributed by atoms with Crippen LogP contribution in [0.15, 0.2) is 48.5 Å². The molecule has 3 rings (SSSR count). The van der Waals surface area contributed by atoms with Crippen LogP contribution in [0.5, 0.6) is 5.75 Å². The molecule has 0 unspecified atom stereocenters. The summed E-state index contributed by atoms with van der Waals surface area (Å²) in [5.74, 6) is 1.04. The summed E-state index contributed by atoms with van der Waals surface area (Å²) in [7, 11) is 0. The van der Waals surface area contributed by atoms with Crippen molar-refractivity contribution in [2.24, 2.45) is 0 Å². The van der Waals surface area contributed by atoms with E-state index in [0.29, 0.717) is 0 Å². The largest absolute Gasteiger partial charge is 0.493 e. The van der Waals surface area contributed by atoms with Gasteiger partial charge >= 0.3 is 0 Å². The fraction of sp³-hybridized carbons (Fsp3) is 0.125. The summed E-state index contributed by atoms with van der Waals surface area (Å²) in [6.07, 6.45) is 5.31. The Bertz CT molecular complexity index is 541. The molecule has 0 aromatic heterocycles. The number of hydrogen-bond acceptors (Lipinski definition) is 1. The molecule has 0 aliphatic carbocycles. The van der Waals surface area contributed by atoms with Crippen molar-refractivity contribution in [3.05, 3.63) is 65.2 Å². The maximum absolute atomic E-state index is 5.49. The van der Waals surface area contributed by atoms with Gasteiger partial charge in [-0.25, -0.2) is 0 Å². The first-order valence-corrected chi connectivity index (χ1v) is 5.91. The molecule has 0 saturated carbocycles. The zero-order chi connectivity index (χ0) is 11.5. The number of ether oxygens (including phenoxy) is 1. The molecule has 0 bridgehead atoms. The minimum absolute atomic E-state index is 0.821. The van der Waals surface area contributed by atoms with Crippen LogP contribution in [0.1, 0.15) is 16.7 Å². The predicted molar refractivity (Wildman–Crippen MR) is 71.0 cm³/mol. The van der Waals surface area contributed by atoms with Gasteiger partial charge < -0.3 is 4.74 Å². The van der Waals surface area contributed by atoms with E-state index in [2.05, 4.69) is 54.6 Å². The molecule has 0 amide bonds. The highest BCUT2D eigenvalue weighted by Crippen LogP contribution is 2.26. The molecule has 1 heterocycles. The van der Waals surface area contributed by atoms with E-state index in [0.717, 1.165) is 18.8 Å². The minimum Gasteiger partial charge on any atom is -0.493 e. The van der Waals surface area contributed by atoms with Crippen LogP contribution in [0.25, 0.3) is 12.2 Å². The van der Waals surface area contributed by atoms with Gasteiger partial charge in [-0.05, 0) is 28.8 Å². The Morgan fingerprint density at radius 3 is 2.59 bits per heavy atom. The van der Waals surface area contributed by atoms with Gasteiger partial charge in [0.25, 0.3) is 0 Å². The fourth-order valence-electron chi connectivity index (χ4n) is 2.07. The van der Waals surface area contributed by atoms with Crippen molar-refractivity contribution in [2.45, 2.75) is 6.42 Å². The first-order chi connectivity index (χ1) is 8.42. The molecule has 84 valence electrons. The summed E-state index contributed by atoms with van der Waals surface area (Å²) >= 11 is 0. The first-order valence-electron chi connectivity index (χ1n) is 5.91. The zero-order valence-corrected chi connectivity index (χ0v) is 9.60. The maximum atomic E-state index is 5.49. The Hall–Kier alpha value is -2.02. The summed E-state index contributed by atoms with van der Waals surface area (Å²) in [6.45, 7) is 0.821. The molecular weight excluding hydrogens is 208 g/mol. The molecule has 0 radical (unpaired) electrons. The lowest BCUT2D eigenvalue weighted by molar-refractivity contribution is 0.357. The second-order valence-electron chi connectivity index (χ2n) is 4.21. The molecule has 1 aliphatic heterocycles. The Morgan fingerprint density at radius 1 is 0.882 bits per heavy atom. The van der Waals surface area contributed by atoms with Crippen molar-refractivity contribution in [3.8, 4) is 5.75 Å². The summed E-state index contributed by atoms with van der Waals surface area (Å²) in [6, 6.07) is 16.7. The molecule has 17 heavy (non-hydrogen) atoms. The van der Waals surface area contributed by atoms with Gasteiger partial charge in [-0.1, -0.05) is 48.6 Å². The van der Waals surface area contributed by atoms with E-state index in [1.54, 1.807) is 0 Å². The van der Waals surface area contributed by atoms with E-state index in [4.69, 9.17) is 4.74 Å². The monoisotopic (exact) mass is 222 g/mol. The average molecular weight is 222 g/mol. The highest BCUT2D eigenvalue weighted by molar-refractivity contribution is 5.70. The van der Waals surface area contributed by atoms with Crippen molar-refractivity contribution in [1.82, 2.24) is 0 Å². The van der Waals surface area contributed by atoms with Crippen molar-refractivity contribution in [3.63, 3.8) is 0 Å². The van der Waals surface area contributed by atoms with Gasteiger partial charge in [-0.3, -0.25) is 0 Å². The van der Waals surface area contributed by atoms with Gasteiger partial charge in [-0.15, -0.1) is 0 Å². The Balaban J connectivity index is 1.84. The second kappa shape index (κ2) is 4.46. The van der Waals surface area contributed by atoms with Gasteiger partial charge in [-0.2, -0.15) is 0 Å². The molecule has 1 heteroatoms. The summed E-state index contributed by atoms with van der Waals surface area (Å²) in [5, 5.41) is 0. The topological polar surface area (TPSA) is 9.23 Å². The van der Waals surface area contributed by atoms with Crippen LogP contribution in [0.4, 0.5) is 0 Å². The lowest BCUT2D eigenvalue weighted by atomic mass is 10.1. The van der Waals surface area contributed by atoms with E-state index in [1.165, 1.54) is 16.7 Å². The Labute approximate surface area is 101 Å². The van der Waals surface area contributed by atoms with Crippen molar-refractivity contribution >= 4 is 12.2 Å². The van der Waals surface area contributed by atoms with Gasteiger partial charge in [0, 0.05) is 6.42 Å². The predicted octanol–water partition coefficient (Wildman–Crippen LogP) is 3.79. The molecular formula is C16H14O. The average Bonchev–Trinajstić information content (AvgIpc) is 2.85. The summed E-state index contributed by atoms with van der Waals surface area (Å²) < 4.78 is 5.49. The number of rotatable bonds is 2. The van der Waals surface area contributed by atoms with Crippen LogP contribution in [-0.2, 0) is 6.42 Å². The first kappa shape index (κ1) is 10.2. The van der Waals surface area contributed by atoms with Gasteiger partial charge in [0.05, 0.1) is 6.61 Å². The van der Waals surface area contributed by atoms with Crippen LogP contribution in [0.3, 0.4) is 0 Å². The summed E-state index contributed by atoms with van der Waals surface area (Å²) in [5.41, 5.74) is 3.78. The zero-order valence-electron chi connectivity index (χ0n) is 9.60. The van der Waals surface area contributed by atoms with Crippen LogP contribution in [0.2, 0.25) is 0 Å². The molecule has 0 saturated heterocycles. The smallest absolute Gasteiger partial charge is 0.122 e. The van der Waals surface area contributed by atoms with E-state index < -0.39 is 0 Å². The highest BCUT2D eigenvalue weighted by atomic mass is 16.5. The van der Waals surface area contributed by atoms with Crippen LogP contribution in [0, 0.1) is 0 Å². The quantitative estimate of drug-likeness (QED) is 0.702. The van der Waals surface area contributed by atoms with Gasteiger partial charge in [0.1, 0.15) is 5.75 Å². The molecule has 0 fully saturated rings. The van der Waals surface area contributed by atoms with E-state index in [1.807, 2.05) is 6.07 Å². The number of fused-ring (bicyclic) bond motifs is 1. The number of hydrogen-bond donors (Lipinski definition) is 0. The second-order valence-corrected chi connectivity index (χ2v) is 4.21. The lowest BCUT2D eigenvalue weighted by Crippen LogP contribution is -1.85. The minimum atomic E-state index is 0.821. The van der Waals surface area contributed by atoms with Gasteiger partial charge in [0.15, 0.2) is 0 Å². The van der Waals surface area contributed by atoms with E-state index in [-0.39, 0.29) is 0 Å². The molecule has 0 spiro atoms. The molecule has 1 aliphatic rings. The van der Waals surface area contributed by atoms with Gasteiger partial charge in [0.2, 0.25) is 0 Å². The van der Waals surface area contributed by atoms with E-state index >= 15 is 0 Å².